The van der Waals surface area contributed by atoms with Crippen LogP contribution in [0.5, 0.6) is 5.75 Å². The number of para-hydroxylation sites is 2. The first-order valence-corrected chi connectivity index (χ1v) is 7.78. The number of carbonyl (C=O) groups is 2. The molecule has 5 heteroatoms. The van der Waals surface area contributed by atoms with E-state index in [1.807, 2.05) is 36.4 Å². The minimum Gasteiger partial charge on any atom is -0.487 e. The molecule has 2 amide bonds. The molecule has 0 radical (unpaired) electrons. The summed E-state index contributed by atoms with van der Waals surface area (Å²) in [5, 5.41) is 5.33. The van der Waals surface area contributed by atoms with Crippen LogP contribution in [0.15, 0.2) is 72.9 Å². The first-order valence-electron chi connectivity index (χ1n) is 7.78. The molecule has 0 saturated heterocycles. The predicted octanol–water partition coefficient (Wildman–Crippen LogP) is 3.37. The molecular formula is C20H20N2O3. The van der Waals surface area contributed by atoms with E-state index in [0.29, 0.717) is 18.0 Å². The molecule has 0 atom stereocenters. The van der Waals surface area contributed by atoms with Gasteiger partial charge in [0, 0.05) is 6.92 Å². The Kier molecular flexibility index (Phi) is 6.54. The lowest BCUT2D eigenvalue weighted by atomic mass is 10.2. The zero-order valence-electron chi connectivity index (χ0n) is 14.0. The molecule has 2 rings (SSSR count). The Labute approximate surface area is 147 Å². The van der Waals surface area contributed by atoms with Crippen LogP contribution in [0.25, 0.3) is 6.08 Å². The fourth-order valence-corrected chi connectivity index (χ4v) is 2.10. The summed E-state index contributed by atoms with van der Waals surface area (Å²) in [5.74, 6) is -0.236. The van der Waals surface area contributed by atoms with Gasteiger partial charge in [-0.2, -0.15) is 0 Å². The second-order valence-electron chi connectivity index (χ2n) is 5.20. The zero-order chi connectivity index (χ0) is 18.1. The van der Waals surface area contributed by atoms with E-state index in [0.717, 1.165) is 5.56 Å². The van der Waals surface area contributed by atoms with Crippen LogP contribution in [-0.2, 0) is 9.59 Å². The lowest BCUT2D eigenvalue weighted by Gasteiger charge is -2.13. The van der Waals surface area contributed by atoms with E-state index in [9.17, 15) is 9.59 Å². The van der Waals surface area contributed by atoms with Crippen molar-refractivity contribution in [1.82, 2.24) is 5.32 Å². The third-order valence-corrected chi connectivity index (χ3v) is 3.16. The van der Waals surface area contributed by atoms with E-state index in [4.69, 9.17) is 4.74 Å². The van der Waals surface area contributed by atoms with Gasteiger partial charge in [0.05, 0.1) is 5.69 Å². The van der Waals surface area contributed by atoms with Crippen molar-refractivity contribution in [2.75, 3.05) is 11.9 Å². The summed E-state index contributed by atoms with van der Waals surface area (Å²) in [4.78, 5) is 24.1. The standard InChI is InChI=1S/C20H20N2O3/c1-3-13-25-19-12-8-7-11-17(19)22-20(24)18(21-15(2)23)14-16-9-5-4-6-10-16/h3-12,14H,1,13H2,2H3,(H,21,23)(H,22,24)/b18-14+. The number of ether oxygens (including phenoxy) is 1. The number of nitrogens with one attached hydrogen (secondary N) is 2. The van der Waals surface area contributed by atoms with Gasteiger partial charge in [-0.25, -0.2) is 0 Å². The van der Waals surface area contributed by atoms with Crippen molar-refractivity contribution in [2.24, 2.45) is 0 Å². The zero-order valence-corrected chi connectivity index (χ0v) is 14.0. The molecule has 0 heterocycles. The largest absolute Gasteiger partial charge is 0.487 e. The molecule has 0 saturated carbocycles. The van der Waals surface area contributed by atoms with Crippen molar-refractivity contribution in [3.8, 4) is 5.75 Å². The highest BCUT2D eigenvalue weighted by molar-refractivity contribution is 6.09. The van der Waals surface area contributed by atoms with Crippen molar-refractivity contribution in [3.63, 3.8) is 0 Å². The van der Waals surface area contributed by atoms with Crippen LogP contribution in [0.3, 0.4) is 0 Å². The monoisotopic (exact) mass is 336 g/mol. The highest BCUT2D eigenvalue weighted by Gasteiger charge is 2.14. The average Bonchev–Trinajstić information content (AvgIpc) is 2.61. The number of carbonyl (C=O) groups excluding carboxylic acids is 2. The van der Waals surface area contributed by atoms with Crippen LogP contribution in [0.2, 0.25) is 0 Å². The van der Waals surface area contributed by atoms with Crippen LogP contribution in [-0.4, -0.2) is 18.4 Å². The summed E-state index contributed by atoms with van der Waals surface area (Å²) in [6, 6.07) is 16.3. The van der Waals surface area contributed by atoms with E-state index in [1.54, 1.807) is 30.4 Å². The first-order chi connectivity index (χ1) is 12.1. The number of anilines is 1. The van der Waals surface area contributed by atoms with E-state index in [-0.39, 0.29) is 11.6 Å². The summed E-state index contributed by atoms with van der Waals surface area (Å²) in [5.41, 5.74) is 1.47. The van der Waals surface area contributed by atoms with Gasteiger partial charge in [0.25, 0.3) is 5.91 Å². The molecular weight excluding hydrogens is 316 g/mol. The summed E-state index contributed by atoms with van der Waals surface area (Å²) < 4.78 is 5.53. The van der Waals surface area contributed by atoms with E-state index >= 15 is 0 Å². The number of hydrogen-bond acceptors (Lipinski definition) is 3. The molecule has 0 aliphatic heterocycles. The maximum Gasteiger partial charge on any atom is 0.272 e. The maximum atomic E-state index is 12.6. The summed E-state index contributed by atoms with van der Waals surface area (Å²) >= 11 is 0. The number of amides is 2. The fourth-order valence-electron chi connectivity index (χ4n) is 2.10. The lowest BCUT2D eigenvalue weighted by molar-refractivity contribution is -0.120. The minimum absolute atomic E-state index is 0.150. The van der Waals surface area contributed by atoms with Crippen molar-refractivity contribution < 1.29 is 14.3 Å². The molecule has 2 N–H and O–H groups in total. The quantitative estimate of drug-likeness (QED) is 0.602. The second-order valence-corrected chi connectivity index (χ2v) is 5.20. The van der Waals surface area contributed by atoms with E-state index < -0.39 is 5.91 Å². The number of benzene rings is 2. The van der Waals surface area contributed by atoms with Gasteiger partial charge in [-0.3, -0.25) is 9.59 Å². The van der Waals surface area contributed by atoms with Crippen LogP contribution in [0, 0.1) is 0 Å². The molecule has 0 aliphatic rings. The van der Waals surface area contributed by atoms with Gasteiger partial charge in [-0.1, -0.05) is 55.1 Å². The van der Waals surface area contributed by atoms with Crippen molar-refractivity contribution in [2.45, 2.75) is 6.92 Å². The molecule has 0 fully saturated rings. The molecule has 0 spiro atoms. The lowest BCUT2D eigenvalue weighted by Crippen LogP contribution is -2.29. The van der Waals surface area contributed by atoms with Crippen molar-refractivity contribution in [1.29, 1.82) is 0 Å². The molecule has 128 valence electrons. The van der Waals surface area contributed by atoms with Crippen molar-refractivity contribution >= 4 is 23.6 Å². The Hall–Kier alpha value is -3.34. The number of rotatable bonds is 7. The van der Waals surface area contributed by atoms with Gasteiger partial charge >= 0.3 is 0 Å². The first kappa shape index (κ1) is 18.0. The molecule has 25 heavy (non-hydrogen) atoms. The molecule has 2 aromatic carbocycles. The minimum atomic E-state index is -0.436. The van der Waals surface area contributed by atoms with Crippen LogP contribution in [0.1, 0.15) is 12.5 Å². The van der Waals surface area contributed by atoms with E-state index in [1.165, 1.54) is 6.92 Å². The Morgan fingerprint density at radius 3 is 2.44 bits per heavy atom. The van der Waals surface area contributed by atoms with Gasteiger partial charge < -0.3 is 15.4 Å². The SMILES string of the molecule is C=CCOc1ccccc1NC(=O)/C(=C\c1ccccc1)NC(C)=O. The molecule has 0 unspecified atom stereocenters. The molecule has 0 aliphatic carbocycles. The van der Waals surface area contributed by atoms with Crippen LogP contribution < -0.4 is 15.4 Å². The maximum absolute atomic E-state index is 12.6. The predicted molar refractivity (Wildman–Crippen MR) is 99.0 cm³/mol. The highest BCUT2D eigenvalue weighted by Crippen LogP contribution is 2.24. The third-order valence-electron chi connectivity index (χ3n) is 3.16. The van der Waals surface area contributed by atoms with Crippen LogP contribution >= 0.6 is 0 Å². The normalized spacial score (nSPS) is 10.7. The number of hydrogen-bond donors (Lipinski definition) is 2. The summed E-state index contributed by atoms with van der Waals surface area (Å²) in [7, 11) is 0. The smallest absolute Gasteiger partial charge is 0.272 e. The molecule has 0 bridgehead atoms. The van der Waals surface area contributed by atoms with E-state index in [2.05, 4.69) is 17.2 Å². The van der Waals surface area contributed by atoms with Gasteiger partial charge in [-0.15, -0.1) is 0 Å². The fraction of sp³-hybridized carbons (Fsp3) is 0.100. The Morgan fingerprint density at radius 1 is 1.08 bits per heavy atom. The summed E-state index contributed by atoms with van der Waals surface area (Å²) in [6.45, 7) is 5.28. The highest BCUT2D eigenvalue weighted by atomic mass is 16.5. The summed E-state index contributed by atoms with van der Waals surface area (Å²) in [6.07, 6.45) is 3.24. The van der Waals surface area contributed by atoms with Crippen molar-refractivity contribution in [3.05, 3.63) is 78.5 Å². The molecule has 2 aromatic rings. The Bertz CT molecular complexity index is 783. The molecule has 5 nitrogen and oxygen atoms in total. The second kappa shape index (κ2) is 9.08. The van der Waals surface area contributed by atoms with Crippen LogP contribution in [0.4, 0.5) is 5.69 Å². The molecule has 0 aromatic heterocycles. The topological polar surface area (TPSA) is 67.4 Å². The Morgan fingerprint density at radius 2 is 1.76 bits per heavy atom. The average molecular weight is 336 g/mol. The van der Waals surface area contributed by atoms with Gasteiger partial charge in [0.15, 0.2) is 0 Å². The Balaban J connectivity index is 2.24. The van der Waals surface area contributed by atoms with Gasteiger partial charge in [0.2, 0.25) is 5.91 Å². The third kappa shape index (κ3) is 5.66. The van der Waals surface area contributed by atoms with Gasteiger partial charge in [-0.05, 0) is 23.8 Å². The van der Waals surface area contributed by atoms with Gasteiger partial charge in [0.1, 0.15) is 18.1 Å².